The standard InChI is InChI=1S/C12H16N2O2/c1-2-8(6-7-13)14-11(15)9-4-3-5-10(9)12(14)16/h8-10H,2-6H2,1H3. The van der Waals surface area contributed by atoms with Crippen LogP contribution in [0.3, 0.4) is 0 Å². The van der Waals surface area contributed by atoms with Crippen LogP contribution >= 0.6 is 0 Å². The zero-order valence-electron chi connectivity index (χ0n) is 9.48. The Labute approximate surface area is 95.2 Å². The summed E-state index contributed by atoms with van der Waals surface area (Å²) in [7, 11) is 0. The van der Waals surface area contributed by atoms with Gasteiger partial charge < -0.3 is 0 Å². The van der Waals surface area contributed by atoms with Crippen LogP contribution in [0.4, 0.5) is 0 Å². The van der Waals surface area contributed by atoms with Gasteiger partial charge in [-0.3, -0.25) is 14.5 Å². The highest BCUT2D eigenvalue weighted by Gasteiger charge is 2.51. The average Bonchev–Trinajstić information content (AvgIpc) is 2.83. The molecule has 86 valence electrons. The third kappa shape index (κ3) is 1.51. The Bertz CT molecular complexity index is 337. The van der Waals surface area contributed by atoms with Crippen molar-refractivity contribution >= 4 is 11.8 Å². The minimum absolute atomic E-state index is 0.0328. The van der Waals surface area contributed by atoms with Crippen molar-refractivity contribution in [3.05, 3.63) is 0 Å². The molecule has 0 radical (unpaired) electrons. The molecule has 2 aliphatic rings. The van der Waals surface area contributed by atoms with Crippen LogP contribution in [0.5, 0.6) is 0 Å². The summed E-state index contributed by atoms with van der Waals surface area (Å²) in [5.41, 5.74) is 0. The fraction of sp³-hybridized carbons (Fsp3) is 0.750. The Morgan fingerprint density at radius 2 is 1.94 bits per heavy atom. The fourth-order valence-corrected chi connectivity index (χ4v) is 2.90. The highest BCUT2D eigenvalue weighted by molar-refractivity contribution is 6.05. The summed E-state index contributed by atoms with van der Waals surface area (Å²) in [6, 6.07) is 1.84. The SMILES string of the molecule is CCC(CC#N)N1C(=O)C2CCCC2C1=O. The minimum Gasteiger partial charge on any atom is -0.278 e. The summed E-state index contributed by atoms with van der Waals surface area (Å²) in [6.07, 6.45) is 3.59. The van der Waals surface area contributed by atoms with E-state index in [1.54, 1.807) is 0 Å². The Balaban J connectivity index is 2.20. The molecule has 0 aromatic rings. The molecule has 16 heavy (non-hydrogen) atoms. The van der Waals surface area contributed by atoms with Gasteiger partial charge in [0.25, 0.3) is 0 Å². The summed E-state index contributed by atoms with van der Waals surface area (Å²) < 4.78 is 0. The van der Waals surface area contributed by atoms with E-state index in [-0.39, 0.29) is 36.1 Å². The molecule has 0 spiro atoms. The van der Waals surface area contributed by atoms with Crippen LogP contribution in [0.2, 0.25) is 0 Å². The van der Waals surface area contributed by atoms with E-state index in [0.717, 1.165) is 19.3 Å². The lowest BCUT2D eigenvalue weighted by Gasteiger charge is -2.24. The van der Waals surface area contributed by atoms with Crippen molar-refractivity contribution in [2.75, 3.05) is 0 Å². The zero-order valence-corrected chi connectivity index (χ0v) is 9.48. The molecule has 0 aromatic carbocycles. The van der Waals surface area contributed by atoms with Crippen molar-refractivity contribution in [1.82, 2.24) is 4.90 Å². The van der Waals surface area contributed by atoms with Gasteiger partial charge in [-0.1, -0.05) is 13.3 Å². The van der Waals surface area contributed by atoms with Crippen molar-refractivity contribution in [2.45, 2.75) is 45.1 Å². The third-order valence-corrected chi connectivity index (χ3v) is 3.79. The van der Waals surface area contributed by atoms with Crippen molar-refractivity contribution in [3.8, 4) is 6.07 Å². The second-order valence-electron chi connectivity index (χ2n) is 4.61. The molecule has 2 rings (SSSR count). The van der Waals surface area contributed by atoms with E-state index < -0.39 is 0 Å². The average molecular weight is 220 g/mol. The van der Waals surface area contributed by atoms with Gasteiger partial charge in [0.05, 0.1) is 30.4 Å². The third-order valence-electron chi connectivity index (χ3n) is 3.79. The second-order valence-corrected chi connectivity index (χ2v) is 4.61. The number of hydrogen-bond acceptors (Lipinski definition) is 3. The smallest absolute Gasteiger partial charge is 0.233 e. The van der Waals surface area contributed by atoms with E-state index >= 15 is 0 Å². The predicted molar refractivity (Wildman–Crippen MR) is 57.0 cm³/mol. The highest BCUT2D eigenvalue weighted by atomic mass is 16.2. The number of nitrogens with zero attached hydrogens (tertiary/aromatic N) is 2. The van der Waals surface area contributed by atoms with E-state index in [0.29, 0.717) is 6.42 Å². The van der Waals surface area contributed by atoms with Crippen molar-refractivity contribution in [1.29, 1.82) is 5.26 Å². The number of fused-ring (bicyclic) bond motifs is 1. The van der Waals surface area contributed by atoms with E-state index in [2.05, 4.69) is 6.07 Å². The minimum atomic E-state index is -0.212. The summed E-state index contributed by atoms with van der Waals surface area (Å²) in [4.78, 5) is 25.5. The largest absolute Gasteiger partial charge is 0.278 e. The molecule has 2 fully saturated rings. The van der Waals surface area contributed by atoms with Crippen LogP contribution in [0, 0.1) is 23.2 Å². The summed E-state index contributed by atoms with van der Waals surface area (Å²) in [5, 5.41) is 8.70. The Kier molecular flexibility index (Phi) is 2.95. The van der Waals surface area contributed by atoms with Crippen LogP contribution in [-0.4, -0.2) is 22.8 Å². The number of carbonyl (C=O) groups is 2. The number of hydrogen-bond donors (Lipinski definition) is 0. The van der Waals surface area contributed by atoms with Crippen molar-refractivity contribution in [3.63, 3.8) is 0 Å². The predicted octanol–water partition coefficient (Wildman–Crippen LogP) is 1.46. The molecule has 0 aromatic heterocycles. The maximum absolute atomic E-state index is 12.1. The number of amides is 2. The van der Waals surface area contributed by atoms with Gasteiger partial charge in [-0.15, -0.1) is 0 Å². The molecule has 1 heterocycles. The van der Waals surface area contributed by atoms with Gasteiger partial charge in [-0.2, -0.15) is 5.26 Å². The normalized spacial score (nSPS) is 30.4. The maximum atomic E-state index is 12.1. The molecule has 3 atom stereocenters. The van der Waals surface area contributed by atoms with Gasteiger partial charge in [0.2, 0.25) is 11.8 Å². The second kappa shape index (κ2) is 4.25. The molecule has 4 heteroatoms. The first kappa shape index (κ1) is 11.1. The first-order valence-electron chi connectivity index (χ1n) is 5.94. The maximum Gasteiger partial charge on any atom is 0.233 e. The van der Waals surface area contributed by atoms with Gasteiger partial charge in [0, 0.05) is 0 Å². The molecule has 1 saturated carbocycles. The van der Waals surface area contributed by atoms with E-state index in [1.807, 2.05) is 6.92 Å². The molecule has 4 nitrogen and oxygen atoms in total. The molecular weight excluding hydrogens is 204 g/mol. The number of likely N-dealkylation sites (tertiary alicyclic amines) is 1. The number of imide groups is 1. The molecule has 1 aliphatic heterocycles. The van der Waals surface area contributed by atoms with Gasteiger partial charge in [0.1, 0.15) is 0 Å². The molecule has 1 aliphatic carbocycles. The lowest BCUT2D eigenvalue weighted by molar-refractivity contribution is -0.143. The molecular formula is C12H16N2O2. The molecule has 2 amide bonds. The summed E-state index contributed by atoms with van der Waals surface area (Å²) in [5.74, 6) is -0.232. The number of rotatable bonds is 3. The number of carbonyl (C=O) groups excluding carboxylic acids is 2. The highest BCUT2D eigenvalue weighted by Crippen LogP contribution is 2.41. The Morgan fingerprint density at radius 1 is 1.38 bits per heavy atom. The number of nitriles is 1. The monoisotopic (exact) mass is 220 g/mol. The van der Waals surface area contributed by atoms with Gasteiger partial charge in [-0.05, 0) is 19.3 Å². The van der Waals surface area contributed by atoms with Crippen LogP contribution in [0.25, 0.3) is 0 Å². The van der Waals surface area contributed by atoms with Crippen molar-refractivity contribution in [2.24, 2.45) is 11.8 Å². The van der Waals surface area contributed by atoms with Gasteiger partial charge in [0.15, 0.2) is 0 Å². The van der Waals surface area contributed by atoms with Crippen molar-refractivity contribution < 1.29 is 9.59 Å². The summed E-state index contributed by atoms with van der Waals surface area (Å²) >= 11 is 0. The van der Waals surface area contributed by atoms with E-state index in [1.165, 1.54) is 4.90 Å². The van der Waals surface area contributed by atoms with E-state index in [9.17, 15) is 9.59 Å². The molecule has 1 saturated heterocycles. The quantitative estimate of drug-likeness (QED) is 0.676. The topological polar surface area (TPSA) is 61.2 Å². The lowest BCUT2D eigenvalue weighted by atomic mass is 10.00. The fourth-order valence-electron chi connectivity index (χ4n) is 2.90. The van der Waals surface area contributed by atoms with E-state index in [4.69, 9.17) is 5.26 Å². The zero-order chi connectivity index (χ0) is 11.7. The summed E-state index contributed by atoms with van der Waals surface area (Å²) in [6.45, 7) is 1.91. The van der Waals surface area contributed by atoms with Gasteiger partial charge >= 0.3 is 0 Å². The molecule has 0 bridgehead atoms. The van der Waals surface area contributed by atoms with Crippen LogP contribution in [0.1, 0.15) is 39.0 Å². The molecule has 0 N–H and O–H groups in total. The van der Waals surface area contributed by atoms with Crippen LogP contribution < -0.4 is 0 Å². The first-order valence-corrected chi connectivity index (χ1v) is 5.94. The Hall–Kier alpha value is -1.37. The lowest BCUT2D eigenvalue weighted by Crippen LogP contribution is -2.40. The molecule has 3 unspecified atom stereocenters. The Morgan fingerprint density at radius 3 is 2.38 bits per heavy atom. The van der Waals surface area contributed by atoms with Crippen LogP contribution in [-0.2, 0) is 9.59 Å². The van der Waals surface area contributed by atoms with Crippen LogP contribution in [0.15, 0.2) is 0 Å². The first-order chi connectivity index (χ1) is 7.70. The van der Waals surface area contributed by atoms with Gasteiger partial charge in [-0.25, -0.2) is 0 Å².